The van der Waals surface area contributed by atoms with Crippen LogP contribution in [0, 0.1) is 0 Å². The highest BCUT2D eigenvalue weighted by Crippen LogP contribution is 2.18. The Morgan fingerprint density at radius 2 is 2.50 bits per heavy atom. The van der Waals surface area contributed by atoms with Gasteiger partial charge in [-0.15, -0.1) is 0 Å². The third-order valence-electron chi connectivity index (χ3n) is 2.32. The van der Waals surface area contributed by atoms with Crippen molar-refractivity contribution in [2.75, 3.05) is 6.61 Å². The van der Waals surface area contributed by atoms with Gasteiger partial charge in [-0.05, 0) is 12.8 Å². The van der Waals surface area contributed by atoms with Crippen LogP contribution in [-0.2, 0) is 19.1 Å². The van der Waals surface area contributed by atoms with Crippen LogP contribution in [0.1, 0.15) is 25.7 Å². The van der Waals surface area contributed by atoms with Gasteiger partial charge in [0.05, 0.1) is 6.10 Å². The molecule has 0 amide bonds. The molecule has 1 fully saturated rings. The van der Waals surface area contributed by atoms with E-state index in [2.05, 4.69) is 11.3 Å². The molecule has 90 valence electrons. The summed E-state index contributed by atoms with van der Waals surface area (Å²) in [5.74, 6) is -0.800. The van der Waals surface area contributed by atoms with Crippen LogP contribution >= 0.6 is 0 Å². The first kappa shape index (κ1) is 12.7. The fraction of sp³-hybridized carbons (Fsp3) is 0.636. The fourth-order valence-corrected chi connectivity index (χ4v) is 1.55. The normalized spacial score (nSPS) is 22.1. The van der Waals surface area contributed by atoms with Crippen LogP contribution in [0.25, 0.3) is 0 Å². The van der Waals surface area contributed by atoms with Crippen molar-refractivity contribution < 1.29 is 24.2 Å². The Hall–Kier alpha value is -1.36. The number of rotatable bonds is 5. The van der Waals surface area contributed by atoms with Gasteiger partial charge in [-0.3, -0.25) is 4.79 Å². The van der Waals surface area contributed by atoms with Crippen molar-refractivity contribution in [3.05, 3.63) is 12.7 Å². The number of ether oxygens (including phenoxy) is 2. The van der Waals surface area contributed by atoms with Gasteiger partial charge in [0, 0.05) is 18.9 Å². The lowest BCUT2D eigenvalue weighted by atomic mass is 10.0. The summed E-state index contributed by atoms with van der Waals surface area (Å²) in [6.45, 7) is 3.14. The monoisotopic (exact) mass is 228 g/mol. The second-order valence-electron chi connectivity index (χ2n) is 3.73. The molecule has 1 N–H and O–H groups in total. The molecule has 1 saturated heterocycles. The third kappa shape index (κ3) is 4.44. The molecule has 0 aromatic heterocycles. The number of carbonyl (C=O) groups excluding carboxylic acids is 2. The molecule has 2 unspecified atom stereocenters. The molecule has 0 aliphatic carbocycles. The first-order valence-electron chi connectivity index (χ1n) is 5.28. The zero-order chi connectivity index (χ0) is 12.0. The van der Waals surface area contributed by atoms with E-state index >= 15 is 0 Å². The van der Waals surface area contributed by atoms with Crippen molar-refractivity contribution in [2.24, 2.45) is 0 Å². The van der Waals surface area contributed by atoms with E-state index in [1.807, 2.05) is 0 Å². The molecule has 16 heavy (non-hydrogen) atoms. The molecular weight excluding hydrogens is 212 g/mol. The Balaban J connectivity index is 2.22. The molecular formula is C11H16O5. The first-order valence-corrected chi connectivity index (χ1v) is 5.28. The van der Waals surface area contributed by atoms with Crippen LogP contribution in [0.5, 0.6) is 0 Å². The van der Waals surface area contributed by atoms with E-state index in [1.165, 1.54) is 0 Å². The van der Waals surface area contributed by atoms with Crippen LogP contribution in [0.2, 0.25) is 0 Å². The van der Waals surface area contributed by atoms with Gasteiger partial charge in [0.1, 0.15) is 12.7 Å². The Labute approximate surface area is 94.0 Å². The number of hydrogen-bond acceptors (Lipinski definition) is 5. The van der Waals surface area contributed by atoms with Crippen molar-refractivity contribution in [1.29, 1.82) is 0 Å². The minimum absolute atomic E-state index is 0.0983. The predicted molar refractivity (Wildman–Crippen MR) is 55.5 cm³/mol. The van der Waals surface area contributed by atoms with Gasteiger partial charge in [0.25, 0.3) is 0 Å². The average Bonchev–Trinajstić information content (AvgIpc) is 2.26. The van der Waals surface area contributed by atoms with Crippen molar-refractivity contribution in [3.63, 3.8) is 0 Å². The van der Waals surface area contributed by atoms with Gasteiger partial charge < -0.3 is 14.6 Å². The third-order valence-corrected chi connectivity index (χ3v) is 2.32. The lowest BCUT2D eigenvalue weighted by Crippen LogP contribution is -2.30. The predicted octanol–water partition coefficient (Wildman–Crippen LogP) is 0.562. The van der Waals surface area contributed by atoms with Crippen LogP contribution in [0.3, 0.4) is 0 Å². The topological polar surface area (TPSA) is 72.8 Å². The molecule has 5 heteroatoms. The summed E-state index contributed by atoms with van der Waals surface area (Å²) in [6.07, 6.45) is 2.24. The maximum Gasteiger partial charge on any atom is 0.330 e. The van der Waals surface area contributed by atoms with E-state index in [1.54, 1.807) is 0 Å². The van der Waals surface area contributed by atoms with E-state index in [9.17, 15) is 14.7 Å². The largest absolute Gasteiger partial charge is 0.462 e. The van der Waals surface area contributed by atoms with E-state index in [4.69, 9.17) is 4.74 Å². The highest BCUT2D eigenvalue weighted by atomic mass is 16.6. The van der Waals surface area contributed by atoms with E-state index in [0.29, 0.717) is 12.8 Å². The maximum absolute atomic E-state index is 11.0. The highest BCUT2D eigenvalue weighted by molar-refractivity contribution is 5.81. The SMILES string of the molecule is C=CC(=O)OCC(O)CC1CCCC(=O)O1. The maximum atomic E-state index is 11.0. The number of carbonyl (C=O) groups is 2. The van der Waals surface area contributed by atoms with Crippen LogP contribution in [0.15, 0.2) is 12.7 Å². The molecule has 0 saturated carbocycles. The molecule has 1 rings (SSSR count). The van der Waals surface area contributed by atoms with Crippen molar-refractivity contribution >= 4 is 11.9 Å². The van der Waals surface area contributed by atoms with Crippen molar-refractivity contribution in [1.82, 2.24) is 0 Å². The minimum Gasteiger partial charge on any atom is -0.462 e. The molecule has 5 nitrogen and oxygen atoms in total. The average molecular weight is 228 g/mol. The summed E-state index contributed by atoms with van der Waals surface area (Å²) in [5, 5.41) is 9.53. The van der Waals surface area contributed by atoms with Crippen molar-refractivity contribution in [2.45, 2.75) is 37.9 Å². The molecule has 0 radical (unpaired) electrons. The van der Waals surface area contributed by atoms with Gasteiger partial charge in [0.15, 0.2) is 0 Å². The molecule has 0 spiro atoms. The van der Waals surface area contributed by atoms with E-state index in [-0.39, 0.29) is 18.7 Å². The lowest BCUT2D eigenvalue weighted by molar-refractivity contribution is -0.157. The fourth-order valence-electron chi connectivity index (χ4n) is 1.55. The van der Waals surface area contributed by atoms with E-state index in [0.717, 1.165) is 18.9 Å². The molecule has 1 aliphatic rings. The van der Waals surface area contributed by atoms with Crippen LogP contribution in [0.4, 0.5) is 0 Å². The van der Waals surface area contributed by atoms with Crippen molar-refractivity contribution in [3.8, 4) is 0 Å². The molecule has 1 heterocycles. The molecule has 0 aromatic rings. The summed E-state index contributed by atoms with van der Waals surface area (Å²) < 4.78 is 9.70. The number of aliphatic hydroxyl groups is 1. The number of aliphatic hydroxyl groups excluding tert-OH is 1. The van der Waals surface area contributed by atoms with Gasteiger partial charge in [-0.2, -0.15) is 0 Å². The quantitative estimate of drug-likeness (QED) is 0.550. The Bertz CT molecular complexity index is 274. The number of cyclic esters (lactones) is 1. The second-order valence-corrected chi connectivity index (χ2v) is 3.73. The smallest absolute Gasteiger partial charge is 0.330 e. The summed E-state index contributed by atoms with van der Waals surface area (Å²) in [5.41, 5.74) is 0. The van der Waals surface area contributed by atoms with Crippen LogP contribution in [-0.4, -0.2) is 35.9 Å². The zero-order valence-corrected chi connectivity index (χ0v) is 9.05. The van der Waals surface area contributed by atoms with Gasteiger partial charge in [-0.1, -0.05) is 6.58 Å². The standard InChI is InChI=1S/C11H16O5/c1-2-10(13)15-7-8(12)6-9-4-3-5-11(14)16-9/h2,8-9,12H,1,3-7H2. The second kappa shape index (κ2) is 6.27. The molecule has 1 aliphatic heterocycles. The summed E-state index contributed by atoms with van der Waals surface area (Å²) in [4.78, 5) is 21.7. The van der Waals surface area contributed by atoms with Gasteiger partial charge >= 0.3 is 11.9 Å². The summed E-state index contributed by atoms with van der Waals surface area (Å²) in [6, 6.07) is 0. The zero-order valence-electron chi connectivity index (χ0n) is 9.05. The van der Waals surface area contributed by atoms with E-state index < -0.39 is 12.1 Å². The number of esters is 2. The first-order chi connectivity index (χ1) is 7.61. The Morgan fingerprint density at radius 3 is 3.12 bits per heavy atom. The number of hydrogen-bond donors (Lipinski definition) is 1. The minimum atomic E-state index is -0.806. The molecule has 0 aromatic carbocycles. The lowest BCUT2D eigenvalue weighted by Gasteiger charge is -2.24. The summed E-state index contributed by atoms with van der Waals surface area (Å²) >= 11 is 0. The molecule has 2 atom stereocenters. The highest BCUT2D eigenvalue weighted by Gasteiger charge is 2.23. The Kier molecular flexibility index (Phi) is 4.98. The van der Waals surface area contributed by atoms with Gasteiger partial charge in [-0.25, -0.2) is 4.79 Å². The van der Waals surface area contributed by atoms with Crippen LogP contribution < -0.4 is 0 Å². The summed E-state index contributed by atoms with van der Waals surface area (Å²) in [7, 11) is 0. The van der Waals surface area contributed by atoms with Gasteiger partial charge in [0.2, 0.25) is 0 Å². The molecule has 0 bridgehead atoms. The Morgan fingerprint density at radius 1 is 1.75 bits per heavy atom.